The fourth-order valence-corrected chi connectivity index (χ4v) is 6.46. The number of nitrogens with zero attached hydrogens (tertiary/aromatic N) is 3. The van der Waals surface area contributed by atoms with Crippen LogP contribution in [-0.2, 0) is 14.8 Å². The molecule has 8 heteroatoms. The Morgan fingerprint density at radius 3 is 2.20 bits per heavy atom. The summed E-state index contributed by atoms with van der Waals surface area (Å²) in [6.45, 7) is 2.73. The Kier molecular flexibility index (Phi) is 6.75. The van der Waals surface area contributed by atoms with Gasteiger partial charge in [-0.15, -0.1) is 0 Å². The van der Waals surface area contributed by atoms with Crippen molar-refractivity contribution in [2.45, 2.75) is 47.3 Å². The minimum Gasteiger partial charge on any atom is -0.341 e. The lowest BCUT2D eigenvalue weighted by molar-refractivity contribution is -0.129. The third kappa shape index (κ3) is 4.71. The van der Waals surface area contributed by atoms with Crippen LogP contribution in [0, 0.1) is 0 Å². The molecule has 6 nitrogen and oxygen atoms in total. The number of rotatable bonds is 6. The fourth-order valence-electron chi connectivity index (χ4n) is 3.96. The van der Waals surface area contributed by atoms with Crippen molar-refractivity contribution in [3.05, 3.63) is 54.2 Å². The summed E-state index contributed by atoms with van der Waals surface area (Å²) in [7, 11) is -3.50. The van der Waals surface area contributed by atoms with E-state index in [0.717, 1.165) is 50.8 Å². The molecule has 1 aromatic carbocycles. The molecule has 2 aliphatic rings. The molecule has 1 aromatic heterocycles. The summed E-state index contributed by atoms with van der Waals surface area (Å²) in [6.07, 6.45) is 6.38. The van der Waals surface area contributed by atoms with E-state index in [-0.39, 0.29) is 16.1 Å². The zero-order valence-electron chi connectivity index (χ0n) is 16.9. The lowest BCUT2D eigenvalue weighted by Crippen LogP contribution is -2.35. The third-order valence-corrected chi connectivity index (χ3v) is 8.72. The Balaban J connectivity index is 1.54. The van der Waals surface area contributed by atoms with E-state index in [0.29, 0.717) is 18.1 Å². The van der Waals surface area contributed by atoms with Crippen molar-refractivity contribution in [1.82, 2.24) is 14.2 Å². The molecule has 0 saturated carbocycles. The van der Waals surface area contributed by atoms with E-state index in [9.17, 15) is 13.2 Å². The van der Waals surface area contributed by atoms with Gasteiger partial charge in [-0.1, -0.05) is 48.5 Å². The number of pyridine rings is 1. The minimum atomic E-state index is -3.50. The van der Waals surface area contributed by atoms with Crippen LogP contribution in [0.2, 0.25) is 0 Å². The number of carbonyl (C=O) groups excluding carboxylic acids is 1. The molecule has 2 fully saturated rings. The highest BCUT2D eigenvalue weighted by atomic mass is 32.2. The van der Waals surface area contributed by atoms with Gasteiger partial charge in [0.1, 0.15) is 10.1 Å². The van der Waals surface area contributed by atoms with Gasteiger partial charge in [-0.05, 0) is 43.4 Å². The van der Waals surface area contributed by atoms with Crippen molar-refractivity contribution in [1.29, 1.82) is 0 Å². The molecule has 2 aliphatic heterocycles. The van der Waals surface area contributed by atoms with Crippen LogP contribution < -0.4 is 0 Å². The predicted octanol–water partition coefficient (Wildman–Crippen LogP) is 3.71. The van der Waals surface area contributed by atoms with Crippen molar-refractivity contribution in [2.24, 2.45) is 0 Å². The first-order chi connectivity index (χ1) is 14.6. The largest absolute Gasteiger partial charge is 0.341 e. The van der Waals surface area contributed by atoms with Crippen LogP contribution >= 0.6 is 11.8 Å². The molecule has 0 spiro atoms. The molecule has 3 heterocycles. The first kappa shape index (κ1) is 21.3. The number of hydrogen-bond donors (Lipinski definition) is 0. The van der Waals surface area contributed by atoms with Crippen LogP contribution in [0.3, 0.4) is 0 Å². The van der Waals surface area contributed by atoms with Gasteiger partial charge in [-0.2, -0.15) is 4.31 Å². The molecule has 2 saturated heterocycles. The number of benzene rings is 1. The van der Waals surface area contributed by atoms with Gasteiger partial charge >= 0.3 is 0 Å². The number of sulfonamides is 1. The van der Waals surface area contributed by atoms with Gasteiger partial charge in [0, 0.05) is 32.4 Å². The number of thioether (sulfide) groups is 1. The number of amides is 1. The summed E-state index contributed by atoms with van der Waals surface area (Å²) < 4.78 is 27.2. The molecular formula is C22H27N3O3S2. The summed E-state index contributed by atoms with van der Waals surface area (Å²) in [6, 6.07) is 13.0. The van der Waals surface area contributed by atoms with Gasteiger partial charge in [-0.25, -0.2) is 13.4 Å². The maximum Gasteiger partial charge on any atom is 0.244 e. The molecule has 1 atom stereocenters. The highest BCUT2D eigenvalue weighted by molar-refractivity contribution is 8.00. The van der Waals surface area contributed by atoms with Crippen molar-refractivity contribution >= 4 is 27.7 Å². The summed E-state index contributed by atoms with van der Waals surface area (Å²) in [5, 5.41) is 0.260. The Morgan fingerprint density at radius 2 is 1.57 bits per heavy atom. The Hall–Kier alpha value is -1.90. The van der Waals surface area contributed by atoms with Crippen molar-refractivity contribution < 1.29 is 13.2 Å². The van der Waals surface area contributed by atoms with Crippen LogP contribution in [0.15, 0.2) is 58.6 Å². The first-order valence-corrected chi connectivity index (χ1v) is 12.8. The molecule has 0 aliphatic carbocycles. The molecular weight excluding hydrogens is 418 g/mol. The van der Waals surface area contributed by atoms with E-state index in [1.807, 2.05) is 35.2 Å². The van der Waals surface area contributed by atoms with E-state index < -0.39 is 10.0 Å². The second kappa shape index (κ2) is 9.49. The molecule has 1 amide bonds. The van der Waals surface area contributed by atoms with Crippen molar-refractivity contribution in [3.8, 4) is 0 Å². The molecule has 30 heavy (non-hydrogen) atoms. The average Bonchev–Trinajstić information content (AvgIpc) is 3.34. The molecule has 160 valence electrons. The number of aromatic nitrogens is 1. The zero-order chi connectivity index (χ0) is 21.0. The summed E-state index contributed by atoms with van der Waals surface area (Å²) in [5.41, 5.74) is 0.936. The first-order valence-electron chi connectivity index (χ1n) is 10.5. The van der Waals surface area contributed by atoms with E-state index in [2.05, 4.69) is 4.98 Å². The van der Waals surface area contributed by atoms with Crippen LogP contribution in [0.5, 0.6) is 0 Å². The number of likely N-dealkylation sites (tertiary alicyclic amines) is 1. The minimum absolute atomic E-state index is 0.0931. The topological polar surface area (TPSA) is 70.6 Å². The SMILES string of the molecule is O=C(C(Sc1ccc(S(=O)(=O)N2CCCCC2)cn1)c1ccccc1)N1CCCC1. The van der Waals surface area contributed by atoms with Gasteiger partial charge in [0.15, 0.2) is 0 Å². The van der Waals surface area contributed by atoms with Crippen LogP contribution in [0.25, 0.3) is 0 Å². The van der Waals surface area contributed by atoms with E-state index in [1.165, 1.54) is 18.0 Å². The molecule has 1 unspecified atom stereocenters. The van der Waals surface area contributed by atoms with Crippen LogP contribution in [0.1, 0.15) is 42.9 Å². The van der Waals surface area contributed by atoms with E-state index >= 15 is 0 Å². The summed E-state index contributed by atoms with van der Waals surface area (Å²) >= 11 is 1.38. The molecule has 0 radical (unpaired) electrons. The van der Waals surface area contributed by atoms with Gasteiger partial charge < -0.3 is 4.90 Å². The van der Waals surface area contributed by atoms with Gasteiger partial charge in [0.2, 0.25) is 15.9 Å². The van der Waals surface area contributed by atoms with Gasteiger partial charge in [0.25, 0.3) is 0 Å². The highest BCUT2D eigenvalue weighted by Gasteiger charge is 2.30. The maximum absolute atomic E-state index is 13.2. The molecule has 2 aromatic rings. The quantitative estimate of drug-likeness (QED) is 0.634. The van der Waals surface area contributed by atoms with Crippen molar-refractivity contribution in [2.75, 3.05) is 26.2 Å². The summed E-state index contributed by atoms with van der Waals surface area (Å²) in [5.74, 6) is 0.0931. The maximum atomic E-state index is 13.2. The second-order valence-electron chi connectivity index (χ2n) is 7.74. The van der Waals surface area contributed by atoms with Crippen LogP contribution in [0.4, 0.5) is 0 Å². The Morgan fingerprint density at radius 1 is 0.900 bits per heavy atom. The monoisotopic (exact) mass is 445 g/mol. The third-order valence-electron chi connectivity index (χ3n) is 5.64. The van der Waals surface area contributed by atoms with Gasteiger partial charge in [0.05, 0.1) is 5.03 Å². The number of piperidine rings is 1. The Bertz CT molecular complexity index is 953. The lowest BCUT2D eigenvalue weighted by atomic mass is 10.1. The lowest BCUT2D eigenvalue weighted by Gasteiger charge is -2.26. The normalized spacial score (nSPS) is 19.0. The fraction of sp³-hybridized carbons (Fsp3) is 0.455. The van der Waals surface area contributed by atoms with Crippen molar-refractivity contribution in [3.63, 3.8) is 0 Å². The second-order valence-corrected chi connectivity index (χ2v) is 10.8. The van der Waals surface area contributed by atoms with E-state index in [4.69, 9.17) is 0 Å². The highest BCUT2D eigenvalue weighted by Crippen LogP contribution is 2.37. The predicted molar refractivity (Wildman–Crippen MR) is 118 cm³/mol. The molecule has 0 N–H and O–H groups in total. The van der Waals surface area contributed by atoms with Crippen LogP contribution in [-0.4, -0.2) is 54.7 Å². The molecule has 0 bridgehead atoms. The van der Waals surface area contributed by atoms with E-state index in [1.54, 1.807) is 16.4 Å². The molecule has 4 rings (SSSR count). The Labute approximate surface area is 182 Å². The zero-order valence-corrected chi connectivity index (χ0v) is 18.6. The smallest absolute Gasteiger partial charge is 0.244 e. The van der Waals surface area contributed by atoms with Gasteiger partial charge in [-0.3, -0.25) is 4.79 Å². The summed E-state index contributed by atoms with van der Waals surface area (Å²) in [4.78, 5) is 19.7. The average molecular weight is 446 g/mol. The number of carbonyl (C=O) groups is 1. The number of hydrogen-bond acceptors (Lipinski definition) is 5. The standard InChI is InChI=1S/C22H27N3O3S2/c26-22(24-13-7-8-14-24)21(18-9-3-1-4-10-18)29-20-12-11-19(17-23-20)30(27,28)25-15-5-2-6-16-25/h1,3-4,9-12,17,21H,2,5-8,13-16H2.